The van der Waals surface area contributed by atoms with Gasteiger partial charge >= 0.3 is 0 Å². The summed E-state index contributed by atoms with van der Waals surface area (Å²) in [6, 6.07) is 7.03. The van der Waals surface area contributed by atoms with Crippen LogP contribution in [0.4, 0.5) is 0 Å². The van der Waals surface area contributed by atoms with Crippen molar-refractivity contribution in [1.29, 1.82) is 0 Å². The molecule has 0 aliphatic carbocycles. The second kappa shape index (κ2) is 6.46. The summed E-state index contributed by atoms with van der Waals surface area (Å²) in [6.45, 7) is 8.06. The Morgan fingerprint density at radius 3 is 2.85 bits per heavy atom. The number of hydrogen-bond acceptors (Lipinski definition) is 4. The average molecular weight is 276 g/mol. The van der Waals surface area contributed by atoms with E-state index in [4.69, 9.17) is 9.47 Å². The van der Waals surface area contributed by atoms with E-state index in [2.05, 4.69) is 35.3 Å². The van der Waals surface area contributed by atoms with E-state index >= 15 is 0 Å². The normalized spacial score (nSPS) is 22.0. The fourth-order valence-corrected chi connectivity index (χ4v) is 2.99. The van der Waals surface area contributed by atoms with Crippen molar-refractivity contribution < 1.29 is 9.47 Å². The lowest BCUT2D eigenvalue weighted by atomic mass is 10.1. The van der Waals surface area contributed by atoms with E-state index in [0.29, 0.717) is 6.04 Å². The van der Waals surface area contributed by atoms with Crippen molar-refractivity contribution in [3.8, 4) is 11.5 Å². The van der Waals surface area contributed by atoms with Crippen LogP contribution in [0, 0.1) is 0 Å². The predicted molar refractivity (Wildman–Crippen MR) is 79.4 cm³/mol. The highest BCUT2D eigenvalue weighted by molar-refractivity contribution is 5.43. The topological polar surface area (TPSA) is 33.7 Å². The molecule has 1 N–H and O–H groups in total. The van der Waals surface area contributed by atoms with Crippen molar-refractivity contribution >= 4 is 0 Å². The molecule has 1 fully saturated rings. The molecule has 1 atom stereocenters. The van der Waals surface area contributed by atoms with Crippen molar-refractivity contribution in [2.75, 3.05) is 32.8 Å². The Morgan fingerprint density at radius 1 is 1.25 bits per heavy atom. The molecule has 1 saturated heterocycles. The number of rotatable bonds is 4. The molecular formula is C16H24N2O2. The Labute approximate surface area is 121 Å². The van der Waals surface area contributed by atoms with Crippen LogP contribution in [-0.2, 0) is 6.54 Å². The molecule has 2 aliphatic heterocycles. The molecular weight excluding hydrogens is 252 g/mol. The van der Waals surface area contributed by atoms with Gasteiger partial charge in [0, 0.05) is 25.6 Å². The molecule has 1 aromatic rings. The number of benzene rings is 1. The van der Waals surface area contributed by atoms with Gasteiger partial charge in [0.05, 0.1) is 13.2 Å². The summed E-state index contributed by atoms with van der Waals surface area (Å²) >= 11 is 0. The summed E-state index contributed by atoms with van der Waals surface area (Å²) in [5, 5.41) is 3.44. The smallest absolute Gasteiger partial charge is 0.161 e. The molecule has 1 unspecified atom stereocenters. The van der Waals surface area contributed by atoms with Gasteiger partial charge in [-0.2, -0.15) is 0 Å². The fourth-order valence-electron chi connectivity index (χ4n) is 2.99. The van der Waals surface area contributed by atoms with Crippen LogP contribution < -0.4 is 14.8 Å². The summed E-state index contributed by atoms with van der Waals surface area (Å²) in [5.74, 6) is 1.79. The molecule has 0 amide bonds. The molecule has 0 spiro atoms. The minimum absolute atomic E-state index is 0.663. The van der Waals surface area contributed by atoms with Gasteiger partial charge in [-0.05, 0) is 37.2 Å². The van der Waals surface area contributed by atoms with Crippen molar-refractivity contribution in [1.82, 2.24) is 10.2 Å². The van der Waals surface area contributed by atoms with Gasteiger partial charge < -0.3 is 14.8 Å². The average Bonchev–Trinajstić information content (AvgIpc) is 2.90. The van der Waals surface area contributed by atoms with Crippen molar-refractivity contribution in [3.05, 3.63) is 23.8 Å². The molecule has 2 aliphatic rings. The number of hydrogen-bond donors (Lipinski definition) is 1. The fraction of sp³-hybridized carbons (Fsp3) is 0.625. The minimum atomic E-state index is 0.663. The maximum absolute atomic E-state index is 5.77. The Hall–Kier alpha value is -1.26. The van der Waals surface area contributed by atoms with Crippen molar-refractivity contribution in [3.63, 3.8) is 0 Å². The Bertz CT molecular complexity index is 444. The monoisotopic (exact) mass is 276 g/mol. The zero-order valence-electron chi connectivity index (χ0n) is 12.2. The Balaban J connectivity index is 1.71. The second-order valence-electron chi connectivity index (χ2n) is 5.54. The number of likely N-dealkylation sites (N-methyl/N-ethyl adjacent to an activating group) is 1. The van der Waals surface area contributed by atoms with E-state index in [1.807, 2.05) is 0 Å². The van der Waals surface area contributed by atoms with Gasteiger partial charge in [0.1, 0.15) is 0 Å². The van der Waals surface area contributed by atoms with Crippen LogP contribution in [0.1, 0.15) is 25.3 Å². The lowest BCUT2D eigenvalue weighted by molar-refractivity contribution is 0.210. The van der Waals surface area contributed by atoms with Crippen LogP contribution in [0.25, 0.3) is 0 Å². The van der Waals surface area contributed by atoms with E-state index in [1.165, 1.54) is 12.0 Å². The van der Waals surface area contributed by atoms with Crippen LogP contribution in [0.15, 0.2) is 18.2 Å². The molecule has 20 heavy (non-hydrogen) atoms. The molecule has 0 radical (unpaired) electrons. The van der Waals surface area contributed by atoms with E-state index in [-0.39, 0.29) is 0 Å². The van der Waals surface area contributed by atoms with Crippen molar-refractivity contribution in [2.24, 2.45) is 0 Å². The van der Waals surface area contributed by atoms with Gasteiger partial charge in [-0.25, -0.2) is 0 Å². The SMILES string of the molecule is CCN(Cc1ccc2c(c1)OCCCO2)C1CCNC1. The predicted octanol–water partition coefficient (Wildman–Crippen LogP) is 2.03. The van der Waals surface area contributed by atoms with Gasteiger partial charge in [0.25, 0.3) is 0 Å². The van der Waals surface area contributed by atoms with E-state index in [1.54, 1.807) is 0 Å². The Kier molecular flexibility index (Phi) is 4.43. The highest BCUT2D eigenvalue weighted by Gasteiger charge is 2.21. The van der Waals surface area contributed by atoms with E-state index in [9.17, 15) is 0 Å². The summed E-state index contributed by atoms with van der Waals surface area (Å²) in [5.41, 5.74) is 1.31. The Morgan fingerprint density at radius 2 is 2.10 bits per heavy atom. The lowest BCUT2D eigenvalue weighted by Gasteiger charge is -2.27. The van der Waals surface area contributed by atoms with Gasteiger partial charge in [-0.3, -0.25) is 4.90 Å². The molecule has 3 rings (SSSR count). The van der Waals surface area contributed by atoms with Gasteiger partial charge in [0.2, 0.25) is 0 Å². The van der Waals surface area contributed by atoms with Gasteiger partial charge in [0.15, 0.2) is 11.5 Å². The van der Waals surface area contributed by atoms with Gasteiger partial charge in [-0.1, -0.05) is 13.0 Å². The first-order valence-electron chi connectivity index (χ1n) is 7.70. The maximum atomic E-state index is 5.77. The molecule has 4 nitrogen and oxygen atoms in total. The first-order chi connectivity index (χ1) is 9.86. The molecule has 4 heteroatoms. The minimum Gasteiger partial charge on any atom is -0.490 e. The number of fused-ring (bicyclic) bond motifs is 1. The quantitative estimate of drug-likeness (QED) is 0.912. The second-order valence-corrected chi connectivity index (χ2v) is 5.54. The molecule has 0 bridgehead atoms. The lowest BCUT2D eigenvalue weighted by Crippen LogP contribution is -2.36. The summed E-state index contributed by atoms with van der Waals surface area (Å²) in [7, 11) is 0. The van der Waals surface area contributed by atoms with Crippen LogP contribution >= 0.6 is 0 Å². The van der Waals surface area contributed by atoms with Crippen molar-refractivity contribution in [2.45, 2.75) is 32.4 Å². The summed E-state index contributed by atoms with van der Waals surface area (Å²) in [6.07, 6.45) is 2.21. The molecule has 0 aromatic heterocycles. The van der Waals surface area contributed by atoms with Crippen LogP contribution in [0.5, 0.6) is 11.5 Å². The molecule has 1 aromatic carbocycles. The molecule has 110 valence electrons. The van der Waals surface area contributed by atoms with Crippen LogP contribution in [0.3, 0.4) is 0 Å². The maximum Gasteiger partial charge on any atom is 0.161 e. The first kappa shape index (κ1) is 13.7. The zero-order chi connectivity index (χ0) is 13.8. The van der Waals surface area contributed by atoms with E-state index < -0.39 is 0 Å². The third-order valence-electron chi connectivity index (χ3n) is 4.15. The van der Waals surface area contributed by atoms with E-state index in [0.717, 1.165) is 57.3 Å². The highest BCUT2D eigenvalue weighted by atomic mass is 16.5. The first-order valence-corrected chi connectivity index (χ1v) is 7.70. The number of ether oxygens (including phenoxy) is 2. The highest BCUT2D eigenvalue weighted by Crippen LogP contribution is 2.31. The van der Waals surface area contributed by atoms with Crippen LogP contribution in [0.2, 0.25) is 0 Å². The van der Waals surface area contributed by atoms with Crippen LogP contribution in [-0.4, -0.2) is 43.8 Å². The summed E-state index contributed by atoms with van der Waals surface area (Å²) in [4.78, 5) is 2.54. The largest absolute Gasteiger partial charge is 0.490 e. The third kappa shape index (κ3) is 3.07. The number of nitrogens with one attached hydrogen (secondary N) is 1. The van der Waals surface area contributed by atoms with Gasteiger partial charge in [-0.15, -0.1) is 0 Å². The molecule has 0 saturated carbocycles. The molecule has 2 heterocycles. The zero-order valence-corrected chi connectivity index (χ0v) is 12.2. The summed E-state index contributed by atoms with van der Waals surface area (Å²) < 4.78 is 11.5. The standard InChI is InChI=1S/C16H24N2O2/c1-2-18(14-6-7-17-11-14)12-13-4-5-15-16(10-13)20-9-3-8-19-15/h4-5,10,14,17H,2-3,6-9,11-12H2,1H3. The number of nitrogens with zero attached hydrogens (tertiary/aromatic N) is 1. The third-order valence-corrected chi connectivity index (χ3v) is 4.15.